The maximum Gasteiger partial charge on any atom is 0.407 e. The minimum absolute atomic E-state index is 0.125. The summed E-state index contributed by atoms with van der Waals surface area (Å²) in [7, 11) is -3.69. The highest BCUT2D eigenvalue weighted by atomic mass is 32.2. The van der Waals surface area contributed by atoms with Crippen LogP contribution in [0.1, 0.15) is 56.1 Å². The summed E-state index contributed by atoms with van der Waals surface area (Å²) in [5.41, 5.74) is 2.88. The van der Waals surface area contributed by atoms with E-state index in [1.165, 1.54) is 5.56 Å². The van der Waals surface area contributed by atoms with Crippen LogP contribution < -0.4 is 8.91 Å². The normalized spacial score (nSPS) is 38.4. The van der Waals surface area contributed by atoms with Crippen molar-refractivity contribution in [1.82, 2.24) is 0 Å². The number of ketones is 1. The summed E-state index contributed by atoms with van der Waals surface area (Å²) in [6.45, 7) is 2.17. The molecule has 4 atom stereocenters. The molecule has 3 aliphatic carbocycles. The number of carbonyl (C=O) groups is 1. The van der Waals surface area contributed by atoms with Gasteiger partial charge in [0.15, 0.2) is 5.75 Å². The molecule has 5 rings (SSSR count). The summed E-state index contributed by atoms with van der Waals surface area (Å²) < 4.78 is 31.0. The molecule has 2 fully saturated rings. The number of anilines is 1. The molecule has 5 nitrogen and oxygen atoms in total. The summed E-state index contributed by atoms with van der Waals surface area (Å²) in [5.74, 6) is 2.33. The van der Waals surface area contributed by atoms with E-state index in [4.69, 9.17) is 4.18 Å². The third-order valence-corrected chi connectivity index (χ3v) is 7.86. The Morgan fingerprint density at radius 3 is 2.88 bits per heavy atom. The minimum Gasteiger partial charge on any atom is -0.365 e. The van der Waals surface area contributed by atoms with Crippen molar-refractivity contribution in [3.05, 3.63) is 23.3 Å². The third-order valence-electron chi connectivity index (χ3n) is 7.01. The van der Waals surface area contributed by atoms with Gasteiger partial charge >= 0.3 is 10.3 Å². The fourth-order valence-electron chi connectivity index (χ4n) is 5.86. The molecule has 1 aromatic rings. The summed E-state index contributed by atoms with van der Waals surface area (Å²) >= 11 is 0. The van der Waals surface area contributed by atoms with Gasteiger partial charge in [0, 0.05) is 11.8 Å². The number of Topliss-reactive ketones (excluding diaryl/α,β-unsaturated/α-hetero) is 1. The molecule has 128 valence electrons. The number of rotatable bonds is 0. The molecule has 0 radical (unpaired) electrons. The number of benzene rings is 1. The predicted molar refractivity (Wildman–Crippen MR) is 89.2 cm³/mol. The van der Waals surface area contributed by atoms with Crippen LogP contribution in [0.3, 0.4) is 0 Å². The molecule has 4 aliphatic rings. The molecule has 1 N–H and O–H groups in total. The minimum atomic E-state index is -3.69. The number of carbonyl (C=O) groups excluding carboxylic acids is 1. The van der Waals surface area contributed by atoms with Gasteiger partial charge in [0.1, 0.15) is 5.78 Å². The highest BCUT2D eigenvalue weighted by Crippen LogP contribution is 2.60. The van der Waals surface area contributed by atoms with Crippen LogP contribution in [0.15, 0.2) is 12.1 Å². The first kappa shape index (κ1) is 14.8. The van der Waals surface area contributed by atoms with Crippen molar-refractivity contribution in [1.29, 1.82) is 0 Å². The van der Waals surface area contributed by atoms with Crippen LogP contribution in [0.25, 0.3) is 0 Å². The molecule has 0 aromatic heterocycles. The molecule has 2 saturated carbocycles. The van der Waals surface area contributed by atoms with Crippen molar-refractivity contribution in [3.8, 4) is 5.75 Å². The zero-order valence-corrected chi connectivity index (χ0v) is 14.5. The van der Waals surface area contributed by atoms with Gasteiger partial charge in [-0.25, -0.2) is 4.72 Å². The summed E-state index contributed by atoms with van der Waals surface area (Å²) in [6.07, 6.45) is 5.61. The zero-order chi connectivity index (χ0) is 16.7. The van der Waals surface area contributed by atoms with Gasteiger partial charge in [0.05, 0.1) is 5.69 Å². The van der Waals surface area contributed by atoms with Gasteiger partial charge in [-0.2, -0.15) is 8.42 Å². The lowest BCUT2D eigenvalue weighted by molar-refractivity contribution is -0.129. The Morgan fingerprint density at radius 2 is 2.04 bits per heavy atom. The van der Waals surface area contributed by atoms with E-state index in [1.807, 2.05) is 6.07 Å². The molecule has 0 bridgehead atoms. The van der Waals surface area contributed by atoms with Gasteiger partial charge in [-0.05, 0) is 67.1 Å². The smallest absolute Gasteiger partial charge is 0.365 e. The highest BCUT2D eigenvalue weighted by molar-refractivity contribution is 7.88. The monoisotopic (exact) mass is 347 g/mol. The second-order valence-corrected chi connectivity index (χ2v) is 9.26. The summed E-state index contributed by atoms with van der Waals surface area (Å²) in [4.78, 5) is 12.4. The Labute approximate surface area is 142 Å². The SMILES string of the molecule is C[C@]12CC[C@@H]3c4ccc5c(c4CC[C@H]3[C@@H]1CCC2=O)NS(=O)(=O)O5. The van der Waals surface area contributed by atoms with Gasteiger partial charge in [0.25, 0.3) is 0 Å². The van der Waals surface area contributed by atoms with Crippen molar-refractivity contribution in [2.45, 2.75) is 51.4 Å². The Bertz CT molecular complexity index is 862. The van der Waals surface area contributed by atoms with Crippen LogP contribution in [0.4, 0.5) is 5.69 Å². The molecule has 24 heavy (non-hydrogen) atoms. The predicted octanol–water partition coefficient (Wildman–Crippen LogP) is 3.16. The first-order valence-electron chi connectivity index (χ1n) is 8.80. The molecule has 0 spiro atoms. The molecule has 1 heterocycles. The van der Waals surface area contributed by atoms with Crippen LogP contribution in [-0.4, -0.2) is 14.2 Å². The molecule has 1 aromatic carbocycles. The van der Waals surface area contributed by atoms with E-state index < -0.39 is 10.3 Å². The van der Waals surface area contributed by atoms with Crippen LogP contribution >= 0.6 is 0 Å². The van der Waals surface area contributed by atoms with Crippen molar-refractivity contribution < 1.29 is 17.4 Å². The largest absolute Gasteiger partial charge is 0.407 e. The van der Waals surface area contributed by atoms with Gasteiger partial charge in [-0.15, -0.1) is 0 Å². The topological polar surface area (TPSA) is 72.5 Å². The van der Waals surface area contributed by atoms with Gasteiger partial charge < -0.3 is 4.18 Å². The van der Waals surface area contributed by atoms with E-state index in [0.29, 0.717) is 35.0 Å². The van der Waals surface area contributed by atoms with Gasteiger partial charge in [-0.1, -0.05) is 13.0 Å². The first-order valence-corrected chi connectivity index (χ1v) is 10.2. The van der Waals surface area contributed by atoms with E-state index in [0.717, 1.165) is 44.1 Å². The summed E-state index contributed by atoms with van der Waals surface area (Å²) in [5, 5.41) is 0. The maximum absolute atomic E-state index is 12.4. The number of hydrogen-bond donors (Lipinski definition) is 1. The lowest BCUT2D eigenvalue weighted by atomic mass is 9.55. The third kappa shape index (κ3) is 1.80. The molecule has 6 heteroatoms. The van der Waals surface area contributed by atoms with Crippen LogP contribution in [0.2, 0.25) is 0 Å². The summed E-state index contributed by atoms with van der Waals surface area (Å²) in [6, 6.07) is 3.83. The Morgan fingerprint density at radius 1 is 1.21 bits per heavy atom. The standard InChI is InChI=1S/C18H21NO4S/c1-18-9-8-11-10-4-6-15-17(19-24(21,22)23-15)13(10)3-2-12(11)14(18)5-7-16(18)20/h4,6,11-12,14,19H,2-3,5,7-9H2,1H3/t11-,12-,14+,18+/m1/s1. The molecule has 0 amide bonds. The van der Waals surface area contributed by atoms with Crippen molar-refractivity contribution in [3.63, 3.8) is 0 Å². The molecule has 0 saturated heterocycles. The lowest BCUT2D eigenvalue weighted by Gasteiger charge is -2.48. The van der Waals surface area contributed by atoms with E-state index in [2.05, 4.69) is 11.6 Å². The molecular formula is C18H21NO4S. The van der Waals surface area contributed by atoms with Crippen LogP contribution in [0, 0.1) is 17.3 Å². The number of nitrogens with one attached hydrogen (secondary N) is 1. The molecular weight excluding hydrogens is 326 g/mol. The number of fused-ring (bicyclic) bond motifs is 7. The maximum atomic E-state index is 12.4. The first-order chi connectivity index (χ1) is 11.4. The van der Waals surface area contributed by atoms with Gasteiger partial charge in [0.2, 0.25) is 0 Å². The Balaban J connectivity index is 1.57. The quantitative estimate of drug-likeness (QED) is 0.782. The molecule has 0 unspecified atom stereocenters. The van der Waals surface area contributed by atoms with Crippen molar-refractivity contribution in [2.24, 2.45) is 17.3 Å². The van der Waals surface area contributed by atoms with Gasteiger partial charge in [-0.3, -0.25) is 4.79 Å². The van der Waals surface area contributed by atoms with E-state index in [1.54, 1.807) is 6.07 Å². The highest BCUT2D eigenvalue weighted by Gasteiger charge is 2.54. The lowest BCUT2D eigenvalue weighted by Crippen LogP contribution is -2.42. The Hall–Kier alpha value is -1.56. The van der Waals surface area contributed by atoms with Crippen LogP contribution in [0.5, 0.6) is 5.75 Å². The second-order valence-electron chi connectivity index (χ2n) is 7.98. The van der Waals surface area contributed by atoms with E-state index in [9.17, 15) is 13.2 Å². The second kappa shape index (κ2) is 4.54. The average Bonchev–Trinajstić information content (AvgIpc) is 3.02. The fourth-order valence-corrected chi connectivity index (χ4v) is 6.75. The zero-order valence-electron chi connectivity index (χ0n) is 13.7. The average molecular weight is 347 g/mol. The van der Waals surface area contributed by atoms with E-state index >= 15 is 0 Å². The Kier molecular flexibility index (Phi) is 2.79. The van der Waals surface area contributed by atoms with E-state index in [-0.39, 0.29) is 5.41 Å². The van der Waals surface area contributed by atoms with Crippen LogP contribution in [-0.2, 0) is 21.5 Å². The fraction of sp³-hybridized carbons (Fsp3) is 0.611. The number of hydrogen-bond acceptors (Lipinski definition) is 4. The van der Waals surface area contributed by atoms with Crippen molar-refractivity contribution >= 4 is 21.8 Å². The molecule has 1 aliphatic heterocycles. The van der Waals surface area contributed by atoms with Crippen molar-refractivity contribution in [2.75, 3.05) is 4.72 Å².